The molecular weight excluding hydrogens is 302 g/mol. The van der Waals surface area contributed by atoms with Crippen LogP contribution >= 0.6 is 0 Å². The van der Waals surface area contributed by atoms with Crippen LogP contribution in [-0.4, -0.2) is 44.2 Å². The van der Waals surface area contributed by atoms with Crippen molar-refractivity contribution >= 4 is 5.91 Å². The van der Waals surface area contributed by atoms with E-state index in [1.807, 2.05) is 30.1 Å². The molecule has 0 saturated carbocycles. The lowest BCUT2D eigenvalue weighted by Gasteiger charge is -2.39. The molecule has 2 saturated heterocycles. The van der Waals surface area contributed by atoms with Crippen LogP contribution in [0, 0.1) is 0 Å². The lowest BCUT2D eigenvalue weighted by Crippen LogP contribution is -2.50. The summed E-state index contributed by atoms with van der Waals surface area (Å²) >= 11 is 0. The zero-order valence-electron chi connectivity index (χ0n) is 14.0. The van der Waals surface area contributed by atoms with Crippen LogP contribution in [0.2, 0.25) is 0 Å². The highest BCUT2D eigenvalue weighted by Gasteiger charge is 2.46. The number of aryl methyl sites for hydroxylation is 1. The third kappa shape index (κ3) is 2.94. The van der Waals surface area contributed by atoms with Gasteiger partial charge >= 0.3 is 0 Å². The van der Waals surface area contributed by atoms with Crippen LogP contribution < -0.4 is 5.32 Å². The number of likely N-dealkylation sites (tertiary alicyclic amines) is 1. The Bertz CT molecular complexity index is 718. The van der Waals surface area contributed by atoms with E-state index in [1.165, 1.54) is 5.56 Å². The Hall–Kier alpha value is -2.21. The molecule has 24 heavy (non-hydrogen) atoms. The first-order valence-electron chi connectivity index (χ1n) is 8.55. The van der Waals surface area contributed by atoms with Gasteiger partial charge in [0.05, 0.1) is 12.1 Å². The number of carbonyl (C=O) groups is 1. The molecule has 2 fully saturated rings. The molecule has 4 rings (SSSR count). The van der Waals surface area contributed by atoms with Gasteiger partial charge < -0.3 is 5.32 Å². The van der Waals surface area contributed by atoms with Crippen LogP contribution in [0.1, 0.15) is 36.3 Å². The van der Waals surface area contributed by atoms with Crippen LogP contribution in [-0.2, 0) is 18.4 Å². The molecule has 1 spiro atoms. The monoisotopic (exact) mass is 325 g/mol. The number of amides is 1. The number of rotatable bonds is 3. The fraction of sp³-hybridized carbons (Fsp3) is 0.500. The quantitative estimate of drug-likeness (QED) is 0.928. The van der Waals surface area contributed by atoms with Crippen molar-refractivity contribution in [2.45, 2.75) is 37.3 Å². The molecule has 0 bridgehead atoms. The Morgan fingerprint density at radius 2 is 2.04 bits per heavy atom. The van der Waals surface area contributed by atoms with Crippen molar-refractivity contribution in [3.63, 3.8) is 0 Å². The van der Waals surface area contributed by atoms with Crippen molar-refractivity contribution in [1.29, 1.82) is 0 Å². The van der Waals surface area contributed by atoms with Crippen LogP contribution in [0.3, 0.4) is 0 Å². The van der Waals surface area contributed by atoms with Gasteiger partial charge in [-0.3, -0.25) is 19.4 Å². The maximum atomic E-state index is 12.5. The van der Waals surface area contributed by atoms with Gasteiger partial charge in [-0.25, -0.2) is 0 Å². The number of piperidine rings is 1. The summed E-state index contributed by atoms with van der Waals surface area (Å²) in [4.78, 5) is 19.0. The minimum Gasteiger partial charge on any atom is -0.350 e. The lowest BCUT2D eigenvalue weighted by molar-refractivity contribution is -0.121. The van der Waals surface area contributed by atoms with Gasteiger partial charge in [0.2, 0.25) is 5.91 Å². The molecule has 1 atom stereocenters. The van der Waals surface area contributed by atoms with Crippen LogP contribution in [0.25, 0.3) is 0 Å². The smallest absolute Gasteiger partial charge is 0.228 e. The van der Waals surface area contributed by atoms with Gasteiger partial charge in [0, 0.05) is 56.4 Å². The normalized spacial score (nSPS) is 23.5. The van der Waals surface area contributed by atoms with Crippen LogP contribution in [0.5, 0.6) is 0 Å². The first kappa shape index (κ1) is 15.3. The van der Waals surface area contributed by atoms with Crippen molar-refractivity contribution in [2.75, 3.05) is 13.1 Å². The largest absolute Gasteiger partial charge is 0.350 e. The fourth-order valence-electron chi connectivity index (χ4n) is 4.03. The van der Waals surface area contributed by atoms with E-state index in [-0.39, 0.29) is 17.4 Å². The molecule has 4 heterocycles. The summed E-state index contributed by atoms with van der Waals surface area (Å²) in [6, 6.07) is 3.92. The highest BCUT2D eigenvalue weighted by atomic mass is 16.2. The molecule has 2 aliphatic rings. The van der Waals surface area contributed by atoms with Crippen molar-refractivity contribution < 1.29 is 4.79 Å². The fourth-order valence-corrected chi connectivity index (χ4v) is 4.03. The Labute approximate surface area is 141 Å². The zero-order chi connectivity index (χ0) is 16.6. The number of nitrogens with one attached hydrogen (secondary N) is 1. The van der Waals surface area contributed by atoms with E-state index in [4.69, 9.17) is 0 Å². The highest BCUT2D eigenvalue weighted by Crippen LogP contribution is 2.39. The topological polar surface area (TPSA) is 63.1 Å². The standard InChI is InChI=1S/C18H23N5O/c1-22-12-14(11-20-22)13-23-8-4-18(5-9-23)10-16(17(24)21-18)15-2-6-19-7-3-15/h2-3,6-7,11-12,16H,4-5,8-10,13H2,1H3,(H,21,24)/t16-/m0/s1. The Morgan fingerprint density at radius 1 is 1.29 bits per heavy atom. The summed E-state index contributed by atoms with van der Waals surface area (Å²) in [6.45, 7) is 2.96. The Balaban J connectivity index is 1.39. The zero-order valence-corrected chi connectivity index (χ0v) is 14.0. The van der Waals surface area contributed by atoms with Gasteiger partial charge in [0.25, 0.3) is 0 Å². The van der Waals surface area contributed by atoms with Crippen molar-refractivity contribution in [3.8, 4) is 0 Å². The second kappa shape index (κ2) is 6.02. The van der Waals surface area contributed by atoms with Gasteiger partial charge in [-0.15, -0.1) is 0 Å². The van der Waals surface area contributed by atoms with E-state index >= 15 is 0 Å². The molecule has 2 aliphatic heterocycles. The third-order valence-electron chi connectivity index (χ3n) is 5.39. The van der Waals surface area contributed by atoms with Gasteiger partial charge in [0.15, 0.2) is 0 Å². The number of pyridine rings is 1. The number of hydrogen-bond acceptors (Lipinski definition) is 4. The predicted molar refractivity (Wildman–Crippen MR) is 90.2 cm³/mol. The molecule has 126 valence electrons. The molecule has 1 amide bonds. The lowest BCUT2D eigenvalue weighted by atomic mass is 9.82. The number of nitrogens with zero attached hydrogens (tertiary/aromatic N) is 4. The molecule has 0 aromatic carbocycles. The van der Waals surface area contributed by atoms with Gasteiger partial charge in [-0.1, -0.05) is 0 Å². The molecule has 1 N–H and O–H groups in total. The first-order chi connectivity index (χ1) is 11.6. The SMILES string of the molecule is Cn1cc(CN2CCC3(CC2)C[C@@H](c2ccncc2)C(=O)N3)cn1. The highest BCUT2D eigenvalue weighted by molar-refractivity contribution is 5.87. The second-order valence-electron chi connectivity index (χ2n) is 7.11. The van der Waals surface area contributed by atoms with E-state index in [1.54, 1.807) is 12.4 Å². The summed E-state index contributed by atoms with van der Waals surface area (Å²) < 4.78 is 1.84. The van der Waals surface area contributed by atoms with E-state index < -0.39 is 0 Å². The van der Waals surface area contributed by atoms with E-state index in [0.29, 0.717) is 0 Å². The second-order valence-corrected chi connectivity index (χ2v) is 7.11. The molecule has 2 aromatic heterocycles. The molecule has 2 aromatic rings. The summed E-state index contributed by atoms with van der Waals surface area (Å²) in [7, 11) is 1.95. The van der Waals surface area contributed by atoms with Crippen LogP contribution in [0.15, 0.2) is 36.9 Å². The van der Waals surface area contributed by atoms with Crippen LogP contribution in [0.4, 0.5) is 0 Å². The summed E-state index contributed by atoms with van der Waals surface area (Å²) in [5, 5.41) is 7.54. The first-order valence-corrected chi connectivity index (χ1v) is 8.55. The molecule has 6 heteroatoms. The molecule has 0 aliphatic carbocycles. The predicted octanol–water partition coefficient (Wildman–Crippen LogP) is 1.45. The van der Waals surface area contributed by atoms with Crippen molar-refractivity contribution in [3.05, 3.63) is 48.0 Å². The van der Waals surface area contributed by atoms with Gasteiger partial charge in [-0.05, 0) is 37.0 Å². The third-order valence-corrected chi connectivity index (χ3v) is 5.39. The minimum absolute atomic E-state index is 0.0297. The number of hydrogen-bond donors (Lipinski definition) is 1. The number of carbonyl (C=O) groups excluding carboxylic acids is 1. The molecule has 6 nitrogen and oxygen atoms in total. The maximum Gasteiger partial charge on any atom is 0.228 e. The van der Waals surface area contributed by atoms with Gasteiger partial charge in [-0.2, -0.15) is 5.10 Å². The van der Waals surface area contributed by atoms with E-state index in [0.717, 1.165) is 44.5 Å². The van der Waals surface area contributed by atoms with Crippen molar-refractivity contribution in [1.82, 2.24) is 25.0 Å². The number of aromatic nitrogens is 3. The molecule has 0 unspecified atom stereocenters. The Kier molecular flexibility index (Phi) is 3.84. The van der Waals surface area contributed by atoms with E-state index in [9.17, 15) is 4.79 Å². The maximum absolute atomic E-state index is 12.5. The molecule has 0 radical (unpaired) electrons. The minimum atomic E-state index is -0.0313. The van der Waals surface area contributed by atoms with Gasteiger partial charge in [0.1, 0.15) is 0 Å². The summed E-state index contributed by atoms with van der Waals surface area (Å²) in [5.41, 5.74) is 2.30. The average Bonchev–Trinajstić information content (AvgIpc) is 3.14. The summed E-state index contributed by atoms with van der Waals surface area (Å²) in [6.07, 6.45) is 10.5. The summed E-state index contributed by atoms with van der Waals surface area (Å²) in [5.74, 6) is 0.139. The van der Waals surface area contributed by atoms with E-state index in [2.05, 4.69) is 26.5 Å². The Morgan fingerprint density at radius 3 is 2.71 bits per heavy atom. The van der Waals surface area contributed by atoms with Crippen molar-refractivity contribution in [2.24, 2.45) is 7.05 Å². The average molecular weight is 325 g/mol. The molecular formula is C18H23N5O.